The molecule has 1 amide bonds. The van der Waals surface area contributed by atoms with Crippen LogP contribution in [0.15, 0.2) is 45.7 Å². The molecule has 0 atom stereocenters. The van der Waals surface area contributed by atoms with E-state index in [1.807, 2.05) is 25.3 Å². The van der Waals surface area contributed by atoms with E-state index in [4.69, 9.17) is 11.6 Å². The van der Waals surface area contributed by atoms with E-state index in [-0.39, 0.29) is 23.3 Å². The highest BCUT2D eigenvalue weighted by molar-refractivity contribution is 7.99. The van der Waals surface area contributed by atoms with Gasteiger partial charge in [0.15, 0.2) is 5.16 Å². The van der Waals surface area contributed by atoms with Crippen molar-refractivity contribution in [2.45, 2.75) is 25.0 Å². The molecule has 0 saturated heterocycles. The van der Waals surface area contributed by atoms with Crippen LogP contribution in [0.1, 0.15) is 13.8 Å². The predicted octanol–water partition coefficient (Wildman–Crippen LogP) is 3.72. The third-order valence-electron chi connectivity index (χ3n) is 3.32. The van der Waals surface area contributed by atoms with Crippen molar-refractivity contribution in [3.63, 3.8) is 0 Å². The Morgan fingerprint density at radius 2 is 2.12 bits per heavy atom. The molecule has 1 N–H and O–H groups in total. The molecule has 25 heavy (non-hydrogen) atoms. The Bertz CT molecular complexity index is 981. The number of nitrogens with one attached hydrogen (secondary N) is 1. The summed E-state index contributed by atoms with van der Waals surface area (Å²) in [5.41, 5.74) is 1.01. The minimum atomic E-state index is -0.181. The number of aromatic nitrogens is 2. The summed E-state index contributed by atoms with van der Waals surface area (Å²) in [5.74, 6) is 0.0652. The summed E-state index contributed by atoms with van der Waals surface area (Å²) in [6, 6.07) is 8.97. The van der Waals surface area contributed by atoms with Gasteiger partial charge < -0.3 is 5.32 Å². The largest absolute Gasteiger partial charge is 0.353 e. The van der Waals surface area contributed by atoms with Crippen LogP contribution in [0.25, 0.3) is 15.9 Å². The quantitative estimate of drug-likeness (QED) is 0.530. The normalized spacial score (nSPS) is 11.2. The Balaban J connectivity index is 2.07. The molecule has 8 heteroatoms. The highest BCUT2D eigenvalue weighted by Crippen LogP contribution is 2.26. The van der Waals surface area contributed by atoms with Crippen molar-refractivity contribution in [1.82, 2.24) is 14.9 Å². The number of para-hydroxylation sites is 1. The Morgan fingerprint density at radius 3 is 2.84 bits per heavy atom. The summed E-state index contributed by atoms with van der Waals surface area (Å²) in [6.07, 6.45) is 0. The lowest BCUT2D eigenvalue weighted by Crippen LogP contribution is -2.32. The maximum atomic E-state index is 12.9. The molecule has 0 aliphatic heterocycles. The molecule has 0 unspecified atom stereocenters. The molecule has 130 valence electrons. The Morgan fingerprint density at radius 1 is 1.36 bits per heavy atom. The third-order valence-corrected chi connectivity index (χ3v) is 5.47. The van der Waals surface area contributed by atoms with Crippen LogP contribution in [0.3, 0.4) is 0 Å². The van der Waals surface area contributed by atoms with Gasteiger partial charge in [0, 0.05) is 6.04 Å². The summed E-state index contributed by atoms with van der Waals surface area (Å²) in [5, 5.41) is 5.56. The third kappa shape index (κ3) is 3.89. The lowest BCUT2D eigenvalue weighted by molar-refractivity contribution is -0.119. The number of carbonyl (C=O) groups is 1. The number of hydrogen-bond acceptors (Lipinski definition) is 5. The van der Waals surface area contributed by atoms with E-state index >= 15 is 0 Å². The zero-order chi connectivity index (χ0) is 18.0. The summed E-state index contributed by atoms with van der Waals surface area (Å²) >= 11 is 8.85. The van der Waals surface area contributed by atoms with E-state index in [1.165, 1.54) is 27.7 Å². The maximum absolute atomic E-state index is 12.9. The molecule has 0 spiro atoms. The van der Waals surface area contributed by atoms with Crippen molar-refractivity contribution in [3.8, 4) is 5.69 Å². The van der Waals surface area contributed by atoms with Gasteiger partial charge in [-0.25, -0.2) is 4.98 Å². The molecule has 1 aromatic carbocycles. The molecule has 5 nitrogen and oxygen atoms in total. The highest BCUT2D eigenvalue weighted by atomic mass is 35.5. The fourth-order valence-corrected chi connectivity index (χ4v) is 4.12. The highest BCUT2D eigenvalue weighted by Gasteiger charge is 2.17. The van der Waals surface area contributed by atoms with Crippen molar-refractivity contribution >= 4 is 50.8 Å². The Hall–Kier alpha value is -1.83. The minimum absolute atomic E-state index is 0.0613. The van der Waals surface area contributed by atoms with Crippen molar-refractivity contribution in [1.29, 1.82) is 0 Å². The van der Waals surface area contributed by atoms with Gasteiger partial charge in [0.25, 0.3) is 5.56 Å². The lowest BCUT2D eigenvalue weighted by Gasteiger charge is -2.13. The monoisotopic (exact) mass is 393 g/mol. The summed E-state index contributed by atoms with van der Waals surface area (Å²) in [4.78, 5) is 29.5. The molecule has 3 aromatic rings. The van der Waals surface area contributed by atoms with E-state index in [9.17, 15) is 9.59 Å². The number of benzene rings is 1. The van der Waals surface area contributed by atoms with Gasteiger partial charge in [-0.2, -0.15) is 0 Å². The van der Waals surface area contributed by atoms with Crippen molar-refractivity contribution in [2.24, 2.45) is 0 Å². The van der Waals surface area contributed by atoms with E-state index in [2.05, 4.69) is 10.3 Å². The number of hydrogen-bond donors (Lipinski definition) is 1. The first-order chi connectivity index (χ1) is 12.0. The molecule has 0 saturated carbocycles. The van der Waals surface area contributed by atoms with E-state index < -0.39 is 0 Å². The number of carbonyl (C=O) groups excluding carboxylic acids is 1. The fraction of sp³-hybridized carbons (Fsp3) is 0.235. The van der Waals surface area contributed by atoms with E-state index in [1.54, 1.807) is 24.3 Å². The van der Waals surface area contributed by atoms with Gasteiger partial charge in [-0.05, 0) is 37.4 Å². The second-order valence-electron chi connectivity index (χ2n) is 5.63. The van der Waals surface area contributed by atoms with Crippen LogP contribution in [0.4, 0.5) is 0 Å². The van der Waals surface area contributed by atoms with Crippen LogP contribution in [-0.2, 0) is 4.79 Å². The first-order valence-corrected chi connectivity index (χ1v) is 9.89. The van der Waals surface area contributed by atoms with Gasteiger partial charge in [-0.15, -0.1) is 11.3 Å². The first kappa shape index (κ1) is 18.0. The molecular weight excluding hydrogens is 378 g/mol. The molecule has 0 aliphatic carbocycles. The predicted molar refractivity (Wildman–Crippen MR) is 104 cm³/mol. The smallest absolute Gasteiger partial charge is 0.276 e. The van der Waals surface area contributed by atoms with E-state index in [0.717, 1.165) is 0 Å². The molecule has 0 bridgehead atoms. The van der Waals surface area contributed by atoms with Gasteiger partial charge in [-0.3, -0.25) is 14.2 Å². The molecule has 2 heterocycles. The zero-order valence-corrected chi connectivity index (χ0v) is 16.0. The molecule has 3 rings (SSSR count). The van der Waals surface area contributed by atoms with Crippen molar-refractivity contribution in [3.05, 3.63) is 51.1 Å². The number of thioether (sulfide) groups is 1. The zero-order valence-electron chi connectivity index (χ0n) is 13.7. The van der Waals surface area contributed by atoms with Crippen molar-refractivity contribution in [2.75, 3.05) is 5.75 Å². The van der Waals surface area contributed by atoms with Gasteiger partial charge in [0.2, 0.25) is 5.91 Å². The number of rotatable bonds is 5. The number of amides is 1. The molecule has 0 fully saturated rings. The summed E-state index contributed by atoms with van der Waals surface area (Å²) in [6.45, 7) is 3.80. The van der Waals surface area contributed by atoms with E-state index in [0.29, 0.717) is 26.1 Å². The fourth-order valence-electron chi connectivity index (χ4n) is 2.33. The topological polar surface area (TPSA) is 64.0 Å². The van der Waals surface area contributed by atoms with Crippen LogP contribution >= 0.6 is 34.7 Å². The van der Waals surface area contributed by atoms with Crippen molar-refractivity contribution < 1.29 is 4.79 Å². The number of halogens is 1. The molecule has 0 radical (unpaired) electrons. The van der Waals surface area contributed by atoms with Crippen LogP contribution in [0, 0.1) is 0 Å². The van der Waals surface area contributed by atoms with Gasteiger partial charge >= 0.3 is 0 Å². The maximum Gasteiger partial charge on any atom is 0.276 e. The number of fused-ring (bicyclic) bond motifs is 1. The van der Waals surface area contributed by atoms with Gasteiger partial charge in [0.1, 0.15) is 4.70 Å². The number of thiophene rings is 1. The first-order valence-electron chi connectivity index (χ1n) is 7.64. The SMILES string of the molecule is CC(C)NC(=O)CSc1nc2ccsc2c(=O)n1-c1ccccc1Cl. The molecule has 0 aliphatic rings. The average molecular weight is 394 g/mol. The number of nitrogens with zero attached hydrogens (tertiary/aromatic N) is 2. The minimum Gasteiger partial charge on any atom is -0.353 e. The van der Waals surface area contributed by atoms with Crippen LogP contribution in [0.2, 0.25) is 5.02 Å². The molecule has 2 aromatic heterocycles. The summed E-state index contributed by atoms with van der Waals surface area (Å²) < 4.78 is 2.05. The average Bonchev–Trinajstić information content (AvgIpc) is 3.02. The Labute approximate surface area is 158 Å². The lowest BCUT2D eigenvalue weighted by atomic mass is 10.3. The van der Waals surface area contributed by atoms with Crippen LogP contribution in [-0.4, -0.2) is 27.3 Å². The molecular formula is C17H16ClN3O2S2. The standard InChI is InChI=1S/C17H16ClN3O2S2/c1-10(2)19-14(22)9-25-17-20-12-7-8-24-15(12)16(23)21(17)13-6-4-3-5-11(13)18/h3-8,10H,9H2,1-2H3,(H,19,22). The second kappa shape index (κ2) is 7.59. The van der Waals surface area contributed by atoms with Gasteiger partial charge in [-0.1, -0.05) is 35.5 Å². The second-order valence-corrected chi connectivity index (χ2v) is 7.90. The van der Waals surface area contributed by atoms with Crippen LogP contribution < -0.4 is 10.9 Å². The van der Waals surface area contributed by atoms with Crippen LogP contribution in [0.5, 0.6) is 0 Å². The van der Waals surface area contributed by atoms with Gasteiger partial charge in [0.05, 0.1) is 22.0 Å². The Kier molecular flexibility index (Phi) is 5.46. The summed E-state index contributed by atoms with van der Waals surface area (Å²) in [7, 11) is 0.